The predicted molar refractivity (Wildman–Crippen MR) is 106 cm³/mol. The topological polar surface area (TPSA) is 139 Å². The highest BCUT2D eigenvalue weighted by molar-refractivity contribution is 5.90. The van der Waals surface area contributed by atoms with E-state index in [4.69, 9.17) is 10.5 Å². The number of phenols is 2. The molecule has 4 rings (SSSR count). The molecule has 0 radical (unpaired) electrons. The highest BCUT2D eigenvalue weighted by atomic mass is 16.6. The third kappa shape index (κ3) is 3.12. The van der Waals surface area contributed by atoms with Gasteiger partial charge in [-0.2, -0.15) is 0 Å². The van der Waals surface area contributed by atoms with Gasteiger partial charge in [0.25, 0.3) is 0 Å². The first kappa shape index (κ1) is 18.4. The number of aromatic hydroxyl groups is 2. The van der Waals surface area contributed by atoms with E-state index in [1.54, 1.807) is 6.07 Å². The molecule has 0 atom stereocenters. The molecule has 4 aromatic rings. The minimum Gasteiger partial charge on any atom is -0.508 e. The van der Waals surface area contributed by atoms with Crippen molar-refractivity contribution in [1.29, 1.82) is 0 Å². The number of rotatable bonds is 4. The summed E-state index contributed by atoms with van der Waals surface area (Å²) in [5.74, 6) is 0.0352. The van der Waals surface area contributed by atoms with E-state index < -0.39 is 6.09 Å². The molecule has 2 aromatic heterocycles. The minimum atomic E-state index is -1.04. The zero-order chi connectivity index (χ0) is 20.7. The highest BCUT2D eigenvalue weighted by Gasteiger charge is 2.23. The third-order valence-electron chi connectivity index (χ3n) is 4.66. The summed E-state index contributed by atoms with van der Waals surface area (Å²) in [5, 5.41) is 29.4. The van der Waals surface area contributed by atoms with E-state index in [1.807, 2.05) is 38.1 Å². The van der Waals surface area contributed by atoms with E-state index in [-0.39, 0.29) is 23.3 Å². The lowest BCUT2D eigenvalue weighted by molar-refractivity contribution is 0.206. The van der Waals surface area contributed by atoms with E-state index in [0.29, 0.717) is 23.2 Å². The molecule has 0 bridgehead atoms. The van der Waals surface area contributed by atoms with Gasteiger partial charge in [0.2, 0.25) is 0 Å². The number of carbonyl (C=O) groups is 1. The van der Waals surface area contributed by atoms with Crippen LogP contribution in [0.3, 0.4) is 0 Å². The van der Waals surface area contributed by atoms with Crippen molar-refractivity contribution in [2.45, 2.75) is 20.3 Å². The molecule has 9 heteroatoms. The molecule has 148 valence electrons. The Morgan fingerprint density at radius 2 is 2.00 bits per heavy atom. The number of aromatic amines is 1. The van der Waals surface area contributed by atoms with Crippen molar-refractivity contribution in [3.05, 3.63) is 47.7 Å². The fourth-order valence-corrected chi connectivity index (χ4v) is 3.38. The fourth-order valence-electron chi connectivity index (χ4n) is 3.38. The van der Waals surface area contributed by atoms with Gasteiger partial charge in [-0.25, -0.2) is 9.36 Å². The third-order valence-corrected chi connectivity index (χ3v) is 4.66. The number of primary amides is 1. The number of nitrogens with zero attached hydrogens (tertiary/aromatic N) is 3. The van der Waals surface area contributed by atoms with Crippen LogP contribution in [-0.4, -0.2) is 36.1 Å². The number of amides is 1. The maximum absolute atomic E-state index is 11.4. The summed E-state index contributed by atoms with van der Waals surface area (Å²) in [5.41, 5.74) is 8.60. The highest BCUT2D eigenvalue weighted by Crippen LogP contribution is 2.38. The Morgan fingerprint density at radius 1 is 1.21 bits per heavy atom. The van der Waals surface area contributed by atoms with Crippen LogP contribution in [0.4, 0.5) is 4.79 Å². The van der Waals surface area contributed by atoms with Gasteiger partial charge < -0.3 is 25.7 Å². The number of nitrogens with two attached hydrogens (primary N) is 1. The second-order valence-electron chi connectivity index (χ2n) is 6.61. The molecule has 5 N–H and O–H groups in total. The van der Waals surface area contributed by atoms with Crippen LogP contribution in [0.1, 0.15) is 18.2 Å². The molecule has 1 amide bonds. The van der Waals surface area contributed by atoms with Crippen molar-refractivity contribution in [3.8, 4) is 34.6 Å². The first-order chi connectivity index (χ1) is 13.9. The van der Waals surface area contributed by atoms with Crippen LogP contribution in [0.5, 0.6) is 17.5 Å². The SMILES string of the molecule is CCc1cc(-c2nnc(OC(N)=O)n2-c2cccc3[nH]c(C)cc23)c(O)cc1O. The Labute approximate surface area is 165 Å². The number of hydrogen-bond acceptors (Lipinski definition) is 6. The van der Waals surface area contributed by atoms with Crippen LogP contribution in [0, 0.1) is 6.92 Å². The van der Waals surface area contributed by atoms with Gasteiger partial charge in [0.15, 0.2) is 5.82 Å². The Morgan fingerprint density at radius 3 is 2.72 bits per heavy atom. The molecule has 0 aliphatic carbocycles. The van der Waals surface area contributed by atoms with E-state index in [9.17, 15) is 15.0 Å². The number of aromatic nitrogens is 4. The van der Waals surface area contributed by atoms with Crippen LogP contribution in [0.2, 0.25) is 0 Å². The molecule has 0 aliphatic heterocycles. The van der Waals surface area contributed by atoms with Crippen molar-refractivity contribution < 1.29 is 19.7 Å². The Hall–Kier alpha value is -4.01. The van der Waals surface area contributed by atoms with Crippen molar-refractivity contribution in [2.24, 2.45) is 5.73 Å². The number of nitrogens with one attached hydrogen (secondary N) is 1. The Bertz CT molecular complexity index is 1240. The number of H-pyrrole nitrogens is 1. The van der Waals surface area contributed by atoms with Gasteiger partial charge in [0, 0.05) is 22.7 Å². The lowest BCUT2D eigenvalue weighted by Crippen LogP contribution is -2.18. The van der Waals surface area contributed by atoms with Gasteiger partial charge in [0.1, 0.15) is 11.5 Å². The Balaban J connectivity index is 2.03. The fraction of sp³-hybridized carbons (Fsp3) is 0.150. The largest absolute Gasteiger partial charge is 0.508 e. The van der Waals surface area contributed by atoms with Crippen molar-refractivity contribution >= 4 is 17.0 Å². The summed E-state index contributed by atoms with van der Waals surface area (Å²) in [6, 6.07) is 10.2. The minimum absolute atomic E-state index is 0.0169. The number of carbonyl (C=O) groups excluding carboxylic acids is 1. The van der Waals surface area contributed by atoms with Crippen molar-refractivity contribution in [3.63, 3.8) is 0 Å². The summed E-state index contributed by atoms with van der Waals surface area (Å²) in [6.07, 6.45) is -0.489. The quantitative estimate of drug-likeness (QED) is 0.420. The van der Waals surface area contributed by atoms with Crippen LogP contribution < -0.4 is 10.5 Å². The van der Waals surface area contributed by atoms with Crippen molar-refractivity contribution in [1.82, 2.24) is 19.7 Å². The summed E-state index contributed by atoms with van der Waals surface area (Å²) in [7, 11) is 0. The van der Waals surface area contributed by atoms with E-state index in [1.165, 1.54) is 10.6 Å². The normalized spacial score (nSPS) is 11.1. The lowest BCUT2D eigenvalue weighted by Gasteiger charge is -2.13. The molecule has 29 heavy (non-hydrogen) atoms. The van der Waals surface area contributed by atoms with Gasteiger partial charge >= 0.3 is 12.1 Å². The second kappa shape index (κ2) is 6.86. The van der Waals surface area contributed by atoms with E-state index in [2.05, 4.69) is 15.2 Å². The average molecular weight is 393 g/mol. The molecule has 0 spiro atoms. The maximum Gasteiger partial charge on any atom is 0.412 e. The smallest absolute Gasteiger partial charge is 0.412 e. The number of hydrogen-bond donors (Lipinski definition) is 4. The summed E-state index contributed by atoms with van der Waals surface area (Å²) in [6.45, 7) is 3.81. The number of fused-ring (bicyclic) bond motifs is 1. The molecule has 2 aromatic carbocycles. The standard InChI is InChI=1S/C20H19N5O4/c1-3-11-8-13(17(27)9-16(11)26)18-23-24-20(29-19(21)28)25(18)15-6-4-5-14-12(15)7-10(2)22-14/h4-9,22,26-27H,3H2,1-2H3,(H2,21,28). The first-order valence-corrected chi connectivity index (χ1v) is 8.95. The number of aryl methyl sites for hydroxylation is 2. The zero-order valence-electron chi connectivity index (χ0n) is 15.8. The summed E-state index contributed by atoms with van der Waals surface area (Å²) in [4.78, 5) is 14.7. The van der Waals surface area contributed by atoms with Crippen LogP contribution >= 0.6 is 0 Å². The monoisotopic (exact) mass is 393 g/mol. The number of ether oxygens (including phenoxy) is 1. The molecule has 0 aliphatic rings. The zero-order valence-corrected chi connectivity index (χ0v) is 15.8. The average Bonchev–Trinajstić information content (AvgIpc) is 3.23. The van der Waals surface area contributed by atoms with Crippen molar-refractivity contribution in [2.75, 3.05) is 0 Å². The second-order valence-corrected chi connectivity index (χ2v) is 6.61. The van der Waals surface area contributed by atoms with Gasteiger partial charge in [-0.05, 0) is 43.2 Å². The van der Waals surface area contributed by atoms with Crippen LogP contribution in [0.15, 0.2) is 36.4 Å². The van der Waals surface area contributed by atoms with Gasteiger partial charge in [-0.3, -0.25) is 0 Å². The van der Waals surface area contributed by atoms with E-state index in [0.717, 1.165) is 16.6 Å². The number of phenolic OH excluding ortho intramolecular Hbond substituents is 2. The molecule has 9 nitrogen and oxygen atoms in total. The van der Waals surface area contributed by atoms with Crippen LogP contribution in [-0.2, 0) is 6.42 Å². The molecule has 0 fully saturated rings. The maximum atomic E-state index is 11.4. The van der Waals surface area contributed by atoms with Crippen LogP contribution in [0.25, 0.3) is 28.0 Å². The Kier molecular flexibility index (Phi) is 4.34. The van der Waals surface area contributed by atoms with Gasteiger partial charge in [-0.1, -0.05) is 18.1 Å². The summed E-state index contributed by atoms with van der Waals surface area (Å²) >= 11 is 0. The lowest BCUT2D eigenvalue weighted by atomic mass is 10.1. The molecule has 0 saturated heterocycles. The molecule has 0 unspecified atom stereocenters. The van der Waals surface area contributed by atoms with Gasteiger partial charge in [-0.15, -0.1) is 5.10 Å². The summed E-state index contributed by atoms with van der Waals surface area (Å²) < 4.78 is 6.57. The molecular weight excluding hydrogens is 374 g/mol. The molecule has 0 saturated carbocycles. The van der Waals surface area contributed by atoms with Gasteiger partial charge in [0.05, 0.1) is 11.3 Å². The predicted octanol–water partition coefficient (Wildman–Crippen LogP) is 3.16. The molecular formula is C20H19N5O4. The first-order valence-electron chi connectivity index (χ1n) is 8.95. The van der Waals surface area contributed by atoms with E-state index >= 15 is 0 Å². The molecule has 2 heterocycles. The number of benzene rings is 2.